The van der Waals surface area contributed by atoms with Crippen molar-refractivity contribution in [1.82, 2.24) is 0 Å². The Balaban J connectivity index is 0.00000324. The number of rotatable bonds is 1. The molecule has 0 aliphatic carbocycles. The van der Waals surface area contributed by atoms with Crippen molar-refractivity contribution < 1.29 is 32.4 Å². The average molecular weight is 302 g/mol. The van der Waals surface area contributed by atoms with Crippen molar-refractivity contribution in [2.75, 3.05) is 0 Å². The molecule has 0 aliphatic heterocycles. The number of carboxylic acid groups (broad SMARTS) is 1. The Labute approximate surface area is 125 Å². The van der Waals surface area contributed by atoms with Crippen molar-refractivity contribution >= 4 is 5.97 Å². The third-order valence-electron chi connectivity index (χ3n) is 3.01. The fourth-order valence-electron chi connectivity index (χ4n) is 1.80. The molecule has 0 unspecified atom stereocenters. The Morgan fingerprint density at radius 3 is 1.79 bits per heavy atom. The van der Waals surface area contributed by atoms with Crippen LogP contribution in [0.3, 0.4) is 0 Å². The minimum atomic E-state index is -1.09. The maximum Gasteiger partial charge on any atom is 0.339 e. The van der Waals surface area contributed by atoms with Gasteiger partial charge >= 0.3 is 5.97 Å². The summed E-state index contributed by atoms with van der Waals surface area (Å²) in [7, 11) is 0. The first kappa shape index (κ1) is 18.0. The van der Waals surface area contributed by atoms with E-state index in [9.17, 15) is 15.0 Å². The zero-order chi connectivity index (χ0) is 14.3. The Kier molecular flexibility index (Phi) is 5.28. The first-order valence-corrected chi connectivity index (χ1v) is 6.06. The summed E-state index contributed by atoms with van der Waals surface area (Å²) in [5.41, 5.74) is 1.12. The van der Waals surface area contributed by atoms with Gasteiger partial charge in [0.2, 0.25) is 0 Å². The molecule has 0 radical (unpaired) electrons. The van der Waals surface area contributed by atoms with Gasteiger partial charge < -0.3 is 10.2 Å². The maximum absolute atomic E-state index is 11.2. The van der Waals surface area contributed by atoms with Crippen LogP contribution in [-0.2, 0) is 28.2 Å². The molecule has 0 atom stereocenters. The molecule has 0 spiro atoms. The average Bonchev–Trinajstić information content (AvgIpc) is 2.13. The van der Waals surface area contributed by atoms with E-state index in [1.54, 1.807) is 6.07 Å². The molecule has 2 N–H and O–H groups in total. The van der Waals surface area contributed by atoms with Crippen molar-refractivity contribution in [2.45, 2.75) is 52.4 Å². The largest absolute Gasteiger partial charge is 0.507 e. The van der Waals surface area contributed by atoms with Gasteiger partial charge in [-0.25, -0.2) is 4.79 Å². The van der Waals surface area contributed by atoms with Crippen LogP contribution in [0.25, 0.3) is 0 Å². The van der Waals surface area contributed by atoms with E-state index in [4.69, 9.17) is 0 Å². The zero-order valence-corrected chi connectivity index (χ0v) is 13.6. The number of phenols is 1. The fraction of sp³-hybridized carbons (Fsp3) is 0.533. The summed E-state index contributed by atoms with van der Waals surface area (Å²) < 4.78 is 0. The van der Waals surface area contributed by atoms with Crippen LogP contribution < -0.4 is 0 Å². The molecule has 0 bridgehead atoms. The molecule has 4 heteroatoms. The molecule has 0 aliphatic rings. The van der Waals surface area contributed by atoms with Gasteiger partial charge in [0.1, 0.15) is 11.3 Å². The molecular formula is C15H22CrO3. The van der Waals surface area contributed by atoms with Crippen LogP contribution in [0.15, 0.2) is 12.1 Å². The third-order valence-corrected chi connectivity index (χ3v) is 3.01. The van der Waals surface area contributed by atoms with Crippen LogP contribution in [0, 0.1) is 0 Å². The molecule has 19 heavy (non-hydrogen) atoms. The smallest absolute Gasteiger partial charge is 0.339 e. The topological polar surface area (TPSA) is 57.5 Å². The van der Waals surface area contributed by atoms with Gasteiger partial charge in [0.05, 0.1) is 0 Å². The van der Waals surface area contributed by atoms with Crippen LogP contribution in [0.4, 0.5) is 0 Å². The quantitative estimate of drug-likeness (QED) is 0.832. The van der Waals surface area contributed by atoms with Crippen LogP contribution in [-0.4, -0.2) is 16.2 Å². The second-order valence-corrected chi connectivity index (χ2v) is 6.73. The van der Waals surface area contributed by atoms with E-state index in [2.05, 4.69) is 0 Å². The van der Waals surface area contributed by atoms with Gasteiger partial charge in [-0.15, -0.1) is 0 Å². The summed E-state index contributed by atoms with van der Waals surface area (Å²) in [6.45, 7) is 12.0. The number of aromatic hydroxyl groups is 1. The van der Waals surface area contributed by atoms with Crippen molar-refractivity contribution in [3.63, 3.8) is 0 Å². The Bertz CT molecular complexity index is 479. The van der Waals surface area contributed by atoms with Gasteiger partial charge in [-0.1, -0.05) is 47.6 Å². The Morgan fingerprint density at radius 2 is 1.47 bits per heavy atom. The molecule has 1 rings (SSSR count). The van der Waals surface area contributed by atoms with Gasteiger partial charge in [0, 0.05) is 22.9 Å². The molecule has 0 saturated heterocycles. The molecule has 0 fully saturated rings. The van der Waals surface area contributed by atoms with Gasteiger partial charge in [0.25, 0.3) is 0 Å². The van der Waals surface area contributed by atoms with E-state index < -0.39 is 5.97 Å². The van der Waals surface area contributed by atoms with Gasteiger partial charge in [-0.05, 0) is 22.5 Å². The Hall–Kier alpha value is -0.978. The summed E-state index contributed by atoms with van der Waals surface area (Å²) in [5, 5.41) is 19.3. The van der Waals surface area contributed by atoms with E-state index >= 15 is 0 Å². The minimum Gasteiger partial charge on any atom is -0.507 e. The predicted molar refractivity (Wildman–Crippen MR) is 72.5 cm³/mol. The summed E-state index contributed by atoms with van der Waals surface area (Å²) in [4.78, 5) is 11.2. The molecular weight excluding hydrogens is 280 g/mol. The van der Waals surface area contributed by atoms with Crippen molar-refractivity contribution in [1.29, 1.82) is 0 Å². The summed E-state index contributed by atoms with van der Waals surface area (Å²) in [6.07, 6.45) is 0. The van der Waals surface area contributed by atoms with Gasteiger partial charge in [-0.3, -0.25) is 0 Å². The van der Waals surface area contributed by atoms with Crippen molar-refractivity contribution in [2.24, 2.45) is 0 Å². The maximum atomic E-state index is 11.2. The number of benzene rings is 1. The number of hydrogen-bond donors (Lipinski definition) is 2. The van der Waals surface area contributed by atoms with Crippen LogP contribution in [0.5, 0.6) is 5.75 Å². The van der Waals surface area contributed by atoms with Crippen LogP contribution in [0.1, 0.15) is 63.0 Å². The van der Waals surface area contributed by atoms with E-state index in [0.29, 0.717) is 5.56 Å². The summed E-state index contributed by atoms with van der Waals surface area (Å²) >= 11 is 0. The fourth-order valence-corrected chi connectivity index (χ4v) is 1.80. The normalized spacial score (nSPS) is 11.9. The van der Waals surface area contributed by atoms with Crippen LogP contribution in [0.2, 0.25) is 0 Å². The molecule has 1 aromatic rings. The summed E-state index contributed by atoms with van der Waals surface area (Å²) in [6, 6.07) is 3.47. The third kappa shape index (κ3) is 3.99. The van der Waals surface area contributed by atoms with Crippen molar-refractivity contribution in [3.05, 3.63) is 28.8 Å². The molecule has 3 nitrogen and oxygen atoms in total. The van der Waals surface area contributed by atoms with Gasteiger partial charge in [-0.2, -0.15) is 0 Å². The molecule has 0 saturated carbocycles. The monoisotopic (exact) mass is 302 g/mol. The molecule has 0 aromatic heterocycles. The van der Waals surface area contributed by atoms with E-state index in [1.807, 2.05) is 47.6 Å². The van der Waals surface area contributed by atoms with Gasteiger partial charge in [0.15, 0.2) is 0 Å². The predicted octanol–water partition coefficient (Wildman–Crippen LogP) is 3.68. The standard InChI is InChI=1S/C15H22O3.Cr/c1-14(2,3)9-7-10(13(17)18)12(16)11(8-9)15(4,5)6;/h7-8,16H,1-6H3,(H,17,18);. The molecule has 106 valence electrons. The van der Waals surface area contributed by atoms with E-state index in [-0.39, 0.29) is 39.5 Å². The molecule has 0 heterocycles. The number of hydrogen-bond acceptors (Lipinski definition) is 2. The minimum absolute atomic E-state index is 0. The zero-order valence-electron chi connectivity index (χ0n) is 12.4. The number of carboxylic acids is 1. The number of aromatic carboxylic acids is 1. The molecule has 1 aromatic carbocycles. The molecule has 0 amide bonds. The summed E-state index contributed by atoms with van der Waals surface area (Å²) in [5.74, 6) is -1.22. The second kappa shape index (κ2) is 5.57. The van der Waals surface area contributed by atoms with E-state index in [1.165, 1.54) is 0 Å². The Morgan fingerprint density at radius 1 is 1.00 bits per heavy atom. The second-order valence-electron chi connectivity index (χ2n) is 6.73. The SMILES string of the molecule is CC(C)(C)c1cc(C(=O)O)c(O)c(C(C)(C)C)c1.[Cr]. The van der Waals surface area contributed by atoms with Crippen molar-refractivity contribution in [3.8, 4) is 5.75 Å². The number of carbonyl (C=O) groups is 1. The first-order valence-electron chi connectivity index (χ1n) is 6.06. The van der Waals surface area contributed by atoms with Crippen LogP contribution >= 0.6 is 0 Å². The van der Waals surface area contributed by atoms with E-state index in [0.717, 1.165) is 5.56 Å². The first-order chi connectivity index (χ1) is 7.94.